The van der Waals surface area contributed by atoms with Gasteiger partial charge in [0, 0.05) is 12.4 Å². The summed E-state index contributed by atoms with van der Waals surface area (Å²) in [4.78, 5) is 4.06. The first-order valence-electron chi connectivity index (χ1n) is 3.96. The smallest absolute Gasteiger partial charge is 0.0710 e. The van der Waals surface area contributed by atoms with E-state index in [0.717, 1.165) is 0 Å². The van der Waals surface area contributed by atoms with E-state index in [4.69, 9.17) is 0 Å². The largest absolute Gasteiger partial charge is 0.381 e. The lowest BCUT2D eigenvalue weighted by Gasteiger charge is -2.14. The van der Waals surface area contributed by atoms with Gasteiger partial charge in [0.25, 0.3) is 0 Å². The molecule has 60 valence electrons. The second kappa shape index (κ2) is 3.22. The van der Waals surface area contributed by atoms with Crippen molar-refractivity contribution in [2.45, 2.75) is 6.04 Å². The van der Waals surface area contributed by atoms with Gasteiger partial charge in [0.05, 0.1) is 6.04 Å². The second-order valence-electron chi connectivity index (χ2n) is 2.67. The molecule has 1 aliphatic heterocycles. The first kappa shape index (κ1) is 7.10. The Kier molecular flexibility index (Phi) is 1.90. The molecule has 0 saturated carbocycles. The van der Waals surface area contributed by atoms with Crippen LogP contribution in [0.4, 0.5) is 0 Å². The van der Waals surface area contributed by atoms with Crippen molar-refractivity contribution < 1.29 is 0 Å². The highest BCUT2D eigenvalue weighted by atomic mass is 14.9. The molecule has 1 N–H and O–H groups in total. The summed E-state index contributed by atoms with van der Waals surface area (Å²) in [7, 11) is 0. The van der Waals surface area contributed by atoms with Gasteiger partial charge in [-0.2, -0.15) is 0 Å². The molecule has 0 saturated heterocycles. The number of hydrogen-bond donors (Lipinski definition) is 1. The molecule has 0 amide bonds. The fourth-order valence-corrected chi connectivity index (χ4v) is 1.21. The van der Waals surface area contributed by atoms with E-state index < -0.39 is 0 Å². The lowest BCUT2D eigenvalue weighted by Crippen LogP contribution is -2.14. The molecule has 2 heterocycles. The van der Waals surface area contributed by atoms with Gasteiger partial charge in [0.2, 0.25) is 0 Å². The third-order valence-electron chi connectivity index (χ3n) is 1.83. The average molecular weight is 158 g/mol. The normalized spacial score (nSPS) is 20.5. The number of pyridine rings is 1. The Morgan fingerprint density at radius 2 is 2.33 bits per heavy atom. The van der Waals surface area contributed by atoms with Crippen molar-refractivity contribution in [2.75, 3.05) is 0 Å². The van der Waals surface area contributed by atoms with Gasteiger partial charge in [0.1, 0.15) is 0 Å². The van der Waals surface area contributed by atoms with Crippen molar-refractivity contribution in [1.29, 1.82) is 0 Å². The van der Waals surface area contributed by atoms with Gasteiger partial charge in [-0.25, -0.2) is 0 Å². The van der Waals surface area contributed by atoms with Crippen molar-refractivity contribution in [2.24, 2.45) is 0 Å². The molecule has 12 heavy (non-hydrogen) atoms. The molecule has 0 radical (unpaired) electrons. The van der Waals surface area contributed by atoms with Crippen LogP contribution in [0, 0.1) is 0 Å². The standard InChI is InChI=1S/C10H10N2/c1-2-7-12-10(5-1)9-4-3-6-11-8-9/h1-8,10,12H. The Morgan fingerprint density at radius 1 is 1.33 bits per heavy atom. The van der Waals surface area contributed by atoms with E-state index in [0.29, 0.717) is 0 Å². The molecule has 0 aliphatic carbocycles. The highest BCUT2D eigenvalue weighted by Crippen LogP contribution is 2.14. The van der Waals surface area contributed by atoms with Crippen molar-refractivity contribution in [3.63, 3.8) is 0 Å². The first-order valence-corrected chi connectivity index (χ1v) is 3.96. The molecule has 0 spiro atoms. The zero-order valence-electron chi connectivity index (χ0n) is 6.64. The summed E-state index contributed by atoms with van der Waals surface area (Å²) in [6, 6.07) is 4.29. The molecule has 0 aromatic carbocycles. The molecule has 2 rings (SSSR count). The summed E-state index contributed by atoms with van der Waals surface area (Å²) < 4.78 is 0. The molecule has 2 heteroatoms. The van der Waals surface area contributed by atoms with Crippen LogP contribution in [-0.4, -0.2) is 4.98 Å². The monoisotopic (exact) mass is 158 g/mol. The van der Waals surface area contributed by atoms with Crippen LogP contribution in [-0.2, 0) is 0 Å². The quantitative estimate of drug-likeness (QED) is 0.674. The van der Waals surface area contributed by atoms with Crippen molar-refractivity contribution in [1.82, 2.24) is 10.3 Å². The predicted molar refractivity (Wildman–Crippen MR) is 48.4 cm³/mol. The molecule has 2 nitrogen and oxygen atoms in total. The highest BCUT2D eigenvalue weighted by molar-refractivity contribution is 5.24. The maximum Gasteiger partial charge on any atom is 0.0710 e. The zero-order chi connectivity index (χ0) is 8.23. The number of nitrogens with zero attached hydrogens (tertiary/aromatic N) is 1. The van der Waals surface area contributed by atoms with E-state index in [1.54, 1.807) is 6.20 Å². The van der Waals surface area contributed by atoms with Gasteiger partial charge < -0.3 is 5.32 Å². The summed E-state index contributed by atoms with van der Waals surface area (Å²) in [6.45, 7) is 0. The van der Waals surface area contributed by atoms with Crippen molar-refractivity contribution in [3.05, 3.63) is 54.5 Å². The lowest BCUT2D eigenvalue weighted by molar-refractivity contribution is 0.742. The Hall–Kier alpha value is -1.57. The van der Waals surface area contributed by atoms with Crippen molar-refractivity contribution in [3.8, 4) is 0 Å². The Labute approximate surface area is 71.6 Å². The average Bonchev–Trinajstić information content (AvgIpc) is 2.21. The van der Waals surface area contributed by atoms with Crippen LogP contribution in [0.5, 0.6) is 0 Å². The van der Waals surface area contributed by atoms with Gasteiger partial charge in [-0.1, -0.05) is 18.2 Å². The van der Waals surface area contributed by atoms with Crippen LogP contribution in [0.3, 0.4) is 0 Å². The van der Waals surface area contributed by atoms with Gasteiger partial charge in [-0.3, -0.25) is 4.98 Å². The molecule has 1 aromatic heterocycles. The molecule has 0 fully saturated rings. The Bertz CT molecular complexity index is 301. The second-order valence-corrected chi connectivity index (χ2v) is 2.67. The zero-order valence-corrected chi connectivity index (χ0v) is 6.64. The summed E-state index contributed by atoms with van der Waals surface area (Å²) in [5.41, 5.74) is 1.19. The van der Waals surface area contributed by atoms with E-state index in [2.05, 4.69) is 22.4 Å². The van der Waals surface area contributed by atoms with Gasteiger partial charge in [-0.15, -0.1) is 0 Å². The fourth-order valence-electron chi connectivity index (χ4n) is 1.21. The number of allylic oxidation sites excluding steroid dienone is 2. The maximum atomic E-state index is 4.06. The van der Waals surface area contributed by atoms with Crippen molar-refractivity contribution >= 4 is 0 Å². The van der Waals surface area contributed by atoms with E-state index in [1.807, 2.05) is 30.6 Å². The number of nitrogens with one attached hydrogen (secondary N) is 1. The predicted octanol–water partition coefficient (Wildman–Crippen LogP) is 1.80. The van der Waals surface area contributed by atoms with E-state index in [9.17, 15) is 0 Å². The Morgan fingerprint density at radius 3 is 3.00 bits per heavy atom. The van der Waals surface area contributed by atoms with Crippen LogP contribution < -0.4 is 5.32 Å². The van der Waals surface area contributed by atoms with Crippen LogP contribution in [0.25, 0.3) is 0 Å². The van der Waals surface area contributed by atoms with Crippen LogP contribution in [0.1, 0.15) is 11.6 Å². The third-order valence-corrected chi connectivity index (χ3v) is 1.83. The summed E-state index contributed by atoms with van der Waals surface area (Å²) >= 11 is 0. The lowest BCUT2D eigenvalue weighted by atomic mass is 10.1. The fraction of sp³-hybridized carbons (Fsp3) is 0.100. The highest BCUT2D eigenvalue weighted by Gasteiger charge is 2.05. The molecular formula is C10H10N2. The minimum absolute atomic E-state index is 0.281. The minimum Gasteiger partial charge on any atom is -0.381 e. The van der Waals surface area contributed by atoms with Gasteiger partial charge in [0.15, 0.2) is 0 Å². The Balaban J connectivity index is 2.21. The molecule has 1 atom stereocenters. The molecule has 1 aliphatic rings. The summed E-state index contributed by atoms with van der Waals surface area (Å²) in [5, 5.41) is 3.23. The van der Waals surface area contributed by atoms with Crippen LogP contribution in [0.2, 0.25) is 0 Å². The topological polar surface area (TPSA) is 24.9 Å². The minimum atomic E-state index is 0.281. The summed E-state index contributed by atoms with van der Waals surface area (Å²) in [6.07, 6.45) is 11.7. The first-order chi connectivity index (χ1) is 5.97. The van der Waals surface area contributed by atoms with Crippen LogP contribution >= 0.6 is 0 Å². The number of aromatic nitrogens is 1. The number of rotatable bonds is 1. The van der Waals surface area contributed by atoms with Gasteiger partial charge >= 0.3 is 0 Å². The number of hydrogen-bond acceptors (Lipinski definition) is 2. The van der Waals surface area contributed by atoms with Gasteiger partial charge in [-0.05, 0) is 23.9 Å². The third kappa shape index (κ3) is 1.37. The number of dihydropyridines is 1. The van der Waals surface area contributed by atoms with E-state index in [1.165, 1.54) is 5.56 Å². The van der Waals surface area contributed by atoms with E-state index >= 15 is 0 Å². The van der Waals surface area contributed by atoms with E-state index in [-0.39, 0.29) is 6.04 Å². The molecular weight excluding hydrogens is 148 g/mol. The molecule has 1 aromatic rings. The molecule has 0 bridgehead atoms. The SMILES string of the molecule is C1=CNC(c2cccnc2)C=C1. The maximum absolute atomic E-state index is 4.06. The summed E-state index contributed by atoms with van der Waals surface area (Å²) in [5.74, 6) is 0. The molecule has 1 unspecified atom stereocenters. The van der Waals surface area contributed by atoms with Crippen LogP contribution in [0.15, 0.2) is 49.0 Å².